The van der Waals surface area contributed by atoms with Crippen LogP contribution in [0.25, 0.3) is 0 Å². The van der Waals surface area contributed by atoms with Gasteiger partial charge < -0.3 is 5.32 Å². The van der Waals surface area contributed by atoms with Crippen molar-refractivity contribution in [3.63, 3.8) is 0 Å². The highest BCUT2D eigenvalue weighted by atomic mass is 19.3. The van der Waals surface area contributed by atoms with Gasteiger partial charge in [0.2, 0.25) is 5.95 Å². The first-order valence-corrected chi connectivity index (χ1v) is 5.01. The van der Waals surface area contributed by atoms with E-state index in [0.29, 0.717) is 11.6 Å². The van der Waals surface area contributed by atoms with Crippen molar-refractivity contribution in [2.45, 2.75) is 19.9 Å². The Hall–Kier alpha value is -2.05. The lowest BCUT2D eigenvalue weighted by atomic mass is 10.4. The Morgan fingerprint density at radius 3 is 3.00 bits per heavy atom. The second kappa shape index (κ2) is 4.86. The Kier molecular flexibility index (Phi) is 3.27. The van der Waals surface area contributed by atoms with Gasteiger partial charge in [-0.3, -0.25) is 4.68 Å². The molecule has 5 nitrogen and oxygen atoms in total. The predicted octanol–water partition coefficient (Wildman–Crippen LogP) is 1.99. The zero-order valence-corrected chi connectivity index (χ0v) is 9.14. The number of anilines is 2. The highest BCUT2D eigenvalue weighted by Crippen LogP contribution is 2.12. The predicted molar refractivity (Wildman–Crippen MR) is 58.3 cm³/mol. The monoisotopic (exact) mass is 239 g/mol. The summed E-state index contributed by atoms with van der Waals surface area (Å²) < 4.78 is 25.4. The molecule has 0 unspecified atom stereocenters. The molecule has 0 aliphatic carbocycles. The standard InChI is InChI=1S/C10H11F2N5/c1-7-2-3-13-10(15-7)16-8-4-14-17(5-8)6-9(11)12/h2-5,9H,6H2,1H3,(H,13,15,16). The highest BCUT2D eigenvalue weighted by Gasteiger charge is 2.06. The molecule has 0 radical (unpaired) electrons. The van der Waals surface area contributed by atoms with Crippen LogP contribution in [0.2, 0.25) is 0 Å². The molecule has 2 aromatic heterocycles. The molecule has 1 N–H and O–H groups in total. The lowest BCUT2D eigenvalue weighted by Crippen LogP contribution is -2.06. The molecule has 0 aliphatic rings. The zero-order chi connectivity index (χ0) is 12.3. The summed E-state index contributed by atoms with van der Waals surface area (Å²) in [7, 11) is 0. The fraction of sp³-hybridized carbons (Fsp3) is 0.300. The highest BCUT2D eigenvalue weighted by molar-refractivity contribution is 5.50. The van der Waals surface area contributed by atoms with Crippen molar-refractivity contribution < 1.29 is 8.78 Å². The number of nitrogens with one attached hydrogen (secondary N) is 1. The fourth-order valence-electron chi connectivity index (χ4n) is 1.31. The smallest absolute Gasteiger partial charge is 0.257 e. The number of aryl methyl sites for hydroxylation is 1. The van der Waals surface area contributed by atoms with Crippen LogP contribution in [-0.4, -0.2) is 26.2 Å². The Labute approximate surface area is 96.5 Å². The molecule has 0 amide bonds. The van der Waals surface area contributed by atoms with Gasteiger partial charge in [0.1, 0.15) is 6.54 Å². The molecule has 0 saturated heterocycles. The lowest BCUT2D eigenvalue weighted by Gasteiger charge is -2.01. The van der Waals surface area contributed by atoms with Crippen molar-refractivity contribution in [1.29, 1.82) is 0 Å². The third kappa shape index (κ3) is 3.20. The maximum Gasteiger partial charge on any atom is 0.257 e. The molecular weight excluding hydrogens is 228 g/mol. The van der Waals surface area contributed by atoms with E-state index < -0.39 is 13.0 Å². The van der Waals surface area contributed by atoms with Crippen LogP contribution < -0.4 is 5.32 Å². The van der Waals surface area contributed by atoms with Crippen LogP contribution in [0.3, 0.4) is 0 Å². The number of rotatable bonds is 4. The van der Waals surface area contributed by atoms with Crippen LogP contribution in [0.5, 0.6) is 0 Å². The third-order valence-corrected chi connectivity index (χ3v) is 2.01. The summed E-state index contributed by atoms with van der Waals surface area (Å²) >= 11 is 0. The van der Waals surface area contributed by atoms with E-state index >= 15 is 0 Å². The average molecular weight is 239 g/mol. The van der Waals surface area contributed by atoms with Gasteiger partial charge in [-0.25, -0.2) is 18.7 Å². The van der Waals surface area contributed by atoms with Crippen molar-refractivity contribution in [2.24, 2.45) is 0 Å². The summed E-state index contributed by atoms with van der Waals surface area (Å²) in [6, 6.07) is 1.77. The first-order chi connectivity index (χ1) is 8.13. The molecule has 0 aromatic carbocycles. The van der Waals surface area contributed by atoms with Crippen LogP contribution in [0, 0.1) is 6.92 Å². The normalized spacial score (nSPS) is 10.8. The van der Waals surface area contributed by atoms with Gasteiger partial charge in [0, 0.05) is 18.1 Å². The quantitative estimate of drug-likeness (QED) is 0.886. The Balaban J connectivity index is 2.06. The fourth-order valence-corrected chi connectivity index (χ4v) is 1.31. The number of hydrogen-bond donors (Lipinski definition) is 1. The molecule has 2 heterocycles. The van der Waals surface area contributed by atoms with Gasteiger partial charge in [-0.05, 0) is 13.0 Å². The molecular formula is C10H11F2N5. The summed E-state index contributed by atoms with van der Waals surface area (Å²) in [5.74, 6) is 0.418. The third-order valence-electron chi connectivity index (χ3n) is 2.01. The van der Waals surface area contributed by atoms with E-state index in [9.17, 15) is 8.78 Å². The van der Waals surface area contributed by atoms with Crippen molar-refractivity contribution in [1.82, 2.24) is 19.7 Å². The summed E-state index contributed by atoms with van der Waals surface area (Å²) in [5, 5.41) is 6.68. The minimum Gasteiger partial charge on any atom is -0.321 e. The number of alkyl halides is 2. The van der Waals surface area contributed by atoms with Crippen LogP contribution in [0.15, 0.2) is 24.7 Å². The largest absolute Gasteiger partial charge is 0.321 e. The van der Waals surface area contributed by atoms with E-state index in [1.54, 1.807) is 12.3 Å². The number of halogens is 2. The number of hydrogen-bond acceptors (Lipinski definition) is 4. The molecule has 90 valence electrons. The van der Waals surface area contributed by atoms with Crippen molar-refractivity contribution in [2.75, 3.05) is 5.32 Å². The number of aromatic nitrogens is 4. The molecule has 0 aliphatic heterocycles. The summed E-state index contributed by atoms with van der Waals surface area (Å²) in [6.07, 6.45) is 2.14. The molecule has 0 fully saturated rings. The van der Waals surface area contributed by atoms with E-state index in [0.717, 1.165) is 5.69 Å². The number of nitrogens with zero attached hydrogens (tertiary/aromatic N) is 4. The summed E-state index contributed by atoms with van der Waals surface area (Å²) in [6.45, 7) is 1.42. The van der Waals surface area contributed by atoms with Crippen LogP contribution in [-0.2, 0) is 6.54 Å². The van der Waals surface area contributed by atoms with E-state index in [4.69, 9.17) is 0 Å². The van der Waals surface area contributed by atoms with E-state index in [-0.39, 0.29) is 0 Å². The molecule has 17 heavy (non-hydrogen) atoms. The Morgan fingerprint density at radius 1 is 1.47 bits per heavy atom. The van der Waals surface area contributed by atoms with Gasteiger partial charge >= 0.3 is 0 Å². The summed E-state index contributed by atoms with van der Waals surface area (Å²) in [4.78, 5) is 8.13. The molecule has 0 spiro atoms. The van der Waals surface area contributed by atoms with Gasteiger partial charge in [-0.1, -0.05) is 0 Å². The topological polar surface area (TPSA) is 55.6 Å². The molecule has 0 saturated carbocycles. The van der Waals surface area contributed by atoms with Gasteiger partial charge in [0.05, 0.1) is 11.9 Å². The maximum absolute atomic E-state index is 12.1. The van der Waals surface area contributed by atoms with Crippen LogP contribution in [0.1, 0.15) is 5.69 Å². The molecule has 2 aromatic rings. The van der Waals surface area contributed by atoms with Crippen LogP contribution >= 0.6 is 0 Å². The lowest BCUT2D eigenvalue weighted by molar-refractivity contribution is 0.122. The second-order valence-electron chi connectivity index (χ2n) is 3.49. The molecule has 0 atom stereocenters. The van der Waals surface area contributed by atoms with Gasteiger partial charge in [0.15, 0.2) is 0 Å². The van der Waals surface area contributed by atoms with E-state index in [2.05, 4.69) is 20.4 Å². The Bertz CT molecular complexity index is 497. The van der Waals surface area contributed by atoms with Crippen molar-refractivity contribution >= 4 is 11.6 Å². The second-order valence-corrected chi connectivity index (χ2v) is 3.49. The molecule has 2 rings (SSSR count). The Morgan fingerprint density at radius 2 is 2.29 bits per heavy atom. The molecule has 7 heteroatoms. The minimum atomic E-state index is -2.42. The molecule has 0 bridgehead atoms. The van der Waals surface area contributed by atoms with Gasteiger partial charge in [0.25, 0.3) is 6.43 Å². The van der Waals surface area contributed by atoms with Gasteiger partial charge in [-0.2, -0.15) is 5.10 Å². The van der Waals surface area contributed by atoms with Gasteiger partial charge in [-0.15, -0.1) is 0 Å². The first-order valence-electron chi connectivity index (χ1n) is 5.01. The minimum absolute atomic E-state index is 0.418. The first kappa shape index (κ1) is 11.4. The maximum atomic E-state index is 12.1. The summed E-state index contributed by atoms with van der Waals surface area (Å²) in [5.41, 5.74) is 1.40. The van der Waals surface area contributed by atoms with Crippen molar-refractivity contribution in [3.05, 3.63) is 30.4 Å². The SMILES string of the molecule is Cc1ccnc(Nc2cnn(CC(F)F)c2)n1. The van der Waals surface area contributed by atoms with E-state index in [1.807, 2.05) is 6.92 Å². The van der Waals surface area contributed by atoms with Crippen LogP contribution in [0.4, 0.5) is 20.4 Å². The average Bonchev–Trinajstić information content (AvgIpc) is 2.64. The van der Waals surface area contributed by atoms with E-state index in [1.165, 1.54) is 17.1 Å². The van der Waals surface area contributed by atoms with Crippen molar-refractivity contribution in [3.8, 4) is 0 Å². The zero-order valence-electron chi connectivity index (χ0n) is 9.14.